The van der Waals surface area contributed by atoms with Crippen LogP contribution in [0.5, 0.6) is 11.5 Å². The summed E-state index contributed by atoms with van der Waals surface area (Å²) in [6.45, 7) is 0.311. The van der Waals surface area contributed by atoms with E-state index in [-0.39, 0.29) is 0 Å². The van der Waals surface area contributed by atoms with Crippen LogP contribution in [0.15, 0.2) is 40.9 Å². The van der Waals surface area contributed by atoms with Crippen LogP contribution in [0.2, 0.25) is 0 Å². The first-order valence-corrected chi connectivity index (χ1v) is 6.68. The molecule has 0 aliphatic heterocycles. The molecule has 0 aliphatic rings. The molecule has 5 heteroatoms. The molecule has 2 N–H and O–H groups in total. The summed E-state index contributed by atoms with van der Waals surface area (Å²) in [5.41, 5.74) is 7.92. The molecule has 2 aromatic rings. The summed E-state index contributed by atoms with van der Waals surface area (Å²) >= 11 is 3.44. The lowest BCUT2D eigenvalue weighted by atomic mass is 10.2. The third-order valence-corrected chi connectivity index (χ3v) is 3.53. The number of rotatable bonds is 4. The zero-order chi connectivity index (χ0) is 14.5. The van der Waals surface area contributed by atoms with Gasteiger partial charge in [0.1, 0.15) is 18.1 Å². The van der Waals surface area contributed by atoms with Gasteiger partial charge in [0.15, 0.2) is 0 Å². The highest BCUT2D eigenvalue weighted by Crippen LogP contribution is 2.27. The van der Waals surface area contributed by atoms with Crippen LogP contribution in [0.4, 0.5) is 5.69 Å². The van der Waals surface area contributed by atoms with Crippen LogP contribution >= 0.6 is 15.9 Å². The van der Waals surface area contributed by atoms with Crippen LogP contribution in [0.1, 0.15) is 11.1 Å². The molecule has 0 saturated carbocycles. The Morgan fingerprint density at radius 3 is 2.65 bits per heavy atom. The summed E-state index contributed by atoms with van der Waals surface area (Å²) in [7, 11) is 1.55. The summed E-state index contributed by atoms with van der Waals surface area (Å²) in [4.78, 5) is 0. The zero-order valence-electron chi connectivity index (χ0n) is 10.9. The number of benzene rings is 2. The van der Waals surface area contributed by atoms with E-state index in [1.807, 2.05) is 18.2 Å². The number of anilines is 1. The fraction of sp³-hybridized carbons (Fsp3) is 0.133. The molecule has 0 atom stereocenters. The number of hydrogen-bond donors (Lipinski definition) is 1. The molecule has 0 fully saturated rings. The van der Waals surface area contributed by atoms with E-state index in [2.05, 4.69) is 22.0 Å². The normalized spacial score (nSPS) is 9.85. The molecule has 0 bridgehead atoms. The molecular formula is C15H13BrN2O2. The highest BCUT2D eigenvalue weighted by atomic mass is 79.9. The molecule has 4 nitrogen and oxygen atoms in total. The average molecular weight is 333 g/mol. The van der Waals surface area contributed by atoms with E-state index in [1.165, 1.54) is 0 Å². The Labute approximate surface area is 125 Å². The van der Waals surface area contributed by atoms with Gasteiger partial charge in [-0.25, -0.2) is 0 Å². The van der Waals surface area contributed by atoms with Crippen molar-refractivity contribution in [3.8, 4) is 17.6 Å². The van der Waals surface area contributed by atoms with E-state index in [0.717, 1.165) is 10.0 Å². The number of nitrogen functional groups attached to an aromatic ring is 1. The number of hydrogen-bond acceptors (Lipinski definition) is 4. The smallest absolute Gasteiger partial charge is 0.124 e. The molecular weight excluding hydrogens is 320 g/mol. The van der Waals surface area contributed by atoms with Crippen LogP contribution < -0.4 is 15.2 Å². The van der Waals surface area contributed by atoms with E-state index in [4.69, 9.17) is 20.5 Å². The molecule has 0 saturated heterocycles. The first-order valence-electron chi connectivity index (χ1n) is 5.89. The third-order valence-electron chi connectivity index (χ3n) is 2.78. The molecule has 2 aromatic carbocycles. The lowest BCUT2D eigenvalue weighted by Gasteiger charge is -2.11. The van der Waals surface area contributed by atoms with E-state index < -0.39 is 0 Å². The van der Waals surface area contributed by atoms with Gasteiger partial charge in [-0.1, -0.05) is 22.0 Å². The maximum atomic E-state index is 8.97. The monoisotopic (exact) mass is 332 g/mol. The summed E-state index contributed by atoms with van der Waals surface area (Å²) in [6.07, 6.45) is 0. The van der Waals surface area contributed by atoms with Crippen molar-refractivity contribution in [1.82, 2.24) is 0 Å². The number of nitrogens with two attached hydrogens (primary N) is 1. The fourth-order valence-corrected chi connectivity index (χ4v) is 2.22. The van der Waals surface area contributed by atoms with Gasteiger partial charge in [-0.15, -0.1) is 0 Å². The lowest BCUT2D eigenvalue weighted by molar-refractivity contribution is 0.303. The Balaban J connectivity index is 2.21. The Bertz CT molecular complexity index is 645. The van der Waals surface area contributed by atoms with Gasteiger partial charge in [-0.05, 0) is 24.3 Å². The van der Waals surface area contributed by atoms with Crippen molar-refractivity contribution in [1.29, 1.82) is 5.26 Å². The quantitative estimate of drug-likeness (QED) is 0.870. The zero-order valence-corrected chi connectivity index (χ0v) is 12.5. The van der Waals surface area contributed by atoms with Crippen molar-refractivity contribution < 1.29 is 9.47 Å². The van der Waals surface area contributed by atoms with Gasteiger partial charge in [0, 0.05) is 21.8 Å². The number of nitriles is 1. The fourth-order valence-electron chi connectivity index (χ4n) is 1.72. The SMILES string of the molecule is COc1cc(C#N)cc(OCc2c(N)cccc2Br)c1. The number of halogens is 1. The van der Waals surface area contributed by atoms with Crippen molar-refractivity contribution in [3.05, 3.63) is 52.0 Å². The standard InChI is InChI=1S/C15H13BrN2O2/c1-19-11-5-10(8-17)6-12(7-11)20-9-13-14(16)3-2-4-15(13)18/h2-7H,9,18H2,1H3. The minimum Gasteiger partial charge on any atom is -0.497 e. The van der Waals surface area contributed by atoms with Crippen LogP contribution in [0.25, 0.3) is 0 Å². The molecule has 0 aliphatic carbocycles. The van der Waals surface area contributed by atoms with Crippen molar-refractivity contribution in [2.45, 2.75) is 6.61 Å². The molecule has 0 radical (unpaired) electrons. The van der Waals surface area contributed by atoms with Gasteiger partial charge in [0.05, 0.1) is 18.7 Å². The summed E-state index contributed by atoms with van der Waals surface area (Å²) in [6, 6.07) is 12.7. The van der Waals surface area contributed by atoms with Crippen LogP contribution in [-0.2, 0) is 6.61 Å². The Morgan fingerprint density at radius 1 is 1.25 bits per heavy atom. The maximum Gasteiger partial charge on any atom is 0.124 e. The first-order chi connectivity index (χ1) is 9.63. The topological polar surface area (TPSA) is 68.3 Å². The van der Waals surface area contributed by atoms with Gasteiger partial charge in [-0.3, -0.25) is 0 Å². The molecule has 2 rings (SSSR count). The molecule has 0 unspecified atom stereocenters. The first kappa shape index (κ1) is 14.2. The van der Waals surface area contributed by atoms with Gasteiger partial charge in [0.2, 0.25) is 0 Å². The highest BCUT2D eigenvalue weighted by molar-refractivity contribution is 9.10. The van der Waals surface area contributed by atoms with Crippen LogP contribution in [0, 0.1) is 11.3 Å². The van der Waals surface area contributed by atoms with E-state index >= 15 is 0 Å². The molecule has 0 heterocycles. The molecule has 0 amide bonds. The van der Waals surface area contributed by atoms with Crippen LogP contribution in [-0.4, -0.2) is 7.11 Å². The van der Waals surface area contributed by atoms with Gasteiger partial charge in [0.25, 0.3) is 0 Å². The lowest BCUT2D eigenvalue weighted by Crippen LogP contribution is -2.01. The van der Waals surface area contributed by atoms with Crippen molar-refractivity contribution in [2.75, 3.05) is 12.8 Å². The largest absolute Gasteiger partial charge is 0.497 e. The molecule has 20 heavy (non-hydrogen) atoms. The van der Waals surface area contributed by atoms with Gasteiger partial charge >= 0.3 is 0 Å². The minimum absolute atomic E-state index is 0.311. The second kappa shape index (κ2) is 6.31. The Kier molecular flexibility index (Phi) is 4.49. The predicted molar refractivity (Wildman–Crippen MR) is 80.6 cm³/mol. The molecule has 0 aromatic heterocycles. The van der Waals surface area contributed by atoms with E-state index in [0.29, 0.717) is 29.4 Å². The Hall–Kier alpha value is -2.19. The summed E-state index contributed by atoms with van der Waals surface area (Å²) in [5.74, 6) is 1.15. The van der Waals surface area contributed by atoms with E-state index in [9.17, 15) is 0 Å². The van der Waals surface area contributed by atoms with E-state index in [1.54, 1.807) is 25.3 Å². The predicted octanol–water partition coefficient (Wildman–Crippen LogP) is 3.49. The second-order valence-corrected chi connectivity index (χ2v) is 4.96. The summed E-state index contributed by atoms with van der Waals surface area (Å²) in [5, 5.41) is 8.97. The van der Waals surface area contributed by atoms with Gasteiger partial charge in [-0.2, -0.15) is 5.26 Å². The second-order valence-electron chi connectivity index (χ2n) is 4.11. The minimum atomic E-state index is 0.311. The average Bonchev–Trinajstić information content (AvgIpc) is 2.46. The number of nitrogens with zero attached hydrogens (tertiary/aromatic N) is 1. The highest BCUT2D eigenvalue weighted by Gasteiger charge is 2.07. The van der Waals surface area contributed by atoms with Gasteiger partial charge < -0.3 is 15.2 Å². The van der Waals surface area contributed by atoms with Crippen molar-refractivity contribution in [3.63, 3.8) is 0 Å². The maximum absolute atomic E-state index is 8.97. The Morgan fingerprint density at radius 2 is 2.00 bits per heavy atom. The molecule has 0 spiro atoms. The molecule has 102 valence electrons. The van der Waals surface area contributed by atoms with Crippen LogP contribution in [0.3, 0.4) is 0 Å². The van der Waals surface area contributed by atoms with Crippen molar-refractivity contribution >= 4 is 21.6 Å². The third kappa shape index (κ3) is 3.22. The number of ether oxygens (including phenoxy) is 2. The van der Waals surface area contributed by atoms with Crippen molar-refractivity contribution in [2.24, 2.45) is 0 Å². The number of methoxy groups -OCH3 is 1. The summed E-state index contributed by atoms with van der Waals surface area (Å²) < 4.78 is 11.7.